The van der Waals surface area contributed by atoms with Crippen molar-refractivity contribution in [3.8, 4) is 0 Å². The number of allylic oxidation sites excluding steroid dienone is 1. The van der Waals surface area contributed by atoms with Gasteiger partial charge < -0.3 is 9.53 Å². The lowest BCUT2D eigenvalue weighted by atomic mass is 10.5. The maximum Gasteiger partial charge on any atom is 0.369 e. The van der Waals surface area contributed by atoms with Crippen molar-refractivity contribution in [2.45, 2.75) is 6.92 Å². The standard InChI is InChI=1S/C4H8O3Si/c1-2-3(7-8)4(5)6/h2H,1,8H3,(H,5,6)/b3-2-. The molecule has 1 N–H and O–H groups in total. The van der Waals surface area contributed by atoms with Crippen LogP contribution < -0.4 is 0 Å². The van der Waals surface area contributed by atoms with E-state index in [0.29, 0.717) is 10.5 Å². The average Bonchev–Trinajstić information content (AvgIpc) is 1.69. The van der Waals surface area contributed by atoms with Gasteiger partial charge in [-0.3, -0.25) is 0 Å². The summed E-state index contributed by atoms with van der Waals surface area (Å²) < 4.78 is 4.56. The fourth-order valence-electron chi connectivity index (χ4n) is 0.329. The normalized spacial score (nSPS) is 11.4. The molecule has 0 saturated heterocycles. The first-order valence-corrected chi connectivity index (χ1v) is 2.97. The minimum Gasteiger partial charge on any atom is -0.549 e. The van der Waals surface area contributed by atoms with E-state index in [9.17, 15) is 4.79 Å². The van der Waals surface area contributed by atoms with Crippen LogP contribution in [0.5, 0.6) is 0 Å². The fraction of sp³-hybridized carbons (Fsp3) is 0.250. The SMILES string of the molecule is C/C=C(\O[SiH3])C(=O)O. The average molecular weight is 132 g/mol. The first-order valence-electron chi connectivity index (χ1n) is 2.16. The highest BCUT2D eigenvalue weighted by atomic mass is 28.2. The second kappa shape index (κ2) is 3.26. The van der Waals surface area contributed by atoms with Crippen LogP contribution in [0.4, 0.5) is 0 Å². The summed E-state index contributed by atoms with van der Waals surface area (Å²) in [6, 6.07) is 0. The Hall–Kier alpha value is -0.773. The van der Waals surface area contributed by atoms with Crippen LogP contribution in [0.3, 0.4) is 0 Å². The van der Waals surface area contributed by atoms with Gasteiger partial charge in [-0.05, 0) is 13.0 Å². The van der Waals surface area contributed by atoms with Crippen molar-refractivity contribution in [1.82, 2.24) is 0 Å². The van der Waals surface area contributed by atoms with Gasteiger partial charge in [0, 0.05) is 0 Å². The van der Waals surface area contributed by atoms with E-state index in [2.05, 4.69) is 4.43 Å². The molecule has 0 bridgehead atoms. The number of carboxylic acid groups (broad SMARTS) is 1. The first-order chi connectivity index (χ1) is 3.72. The molecule has 0 aliphatic carbocycles. The van der Waals surface area contributed by atoms with Gasteiger partial charge in [0.05, 0.1) is 0 Å². The summed E-state index contributed by atoms with van der Waals surface area (Å²) in [6.45, 7) is 1.63. The Morgan fingerprint density at radius 3 is 2.38 bits per heavy atom. The lowest BCUT2D eigenvalue weighted by molar-refractivity contribution is -0.135. The van der Waals surface area contributed by atoms with Gasteiger partial charge in [0.25, 0.3) is 0 Å². The molecule has 0 atom stereocenters. The molecule has 46 valence electrons. The highest BCUT2D eigenvalue weighted by molar-refractivity contribution is 6.02. The molecule has 0 saturated carbocycles. The fourth-order valence-corrected chi connectivity index (χ4v) is 0.739. The summed E-state index contributed by atoms with van der Waals surface area (Å²) in [5.74, 6) is -0.959. The van der Waals surface area contributed by atoms with Crippen LogP contribution in [0.2, 0.25) is 0 Å². The van der Waals surface area contributed by atoms with Gasteiger partial charge in [-0.1, -0.05) is 0 Å². The Labute approximate surface area is 50.5 Å². The molecule has 8 heavy (non-hydrogen) atoms. The van der Waals surface area contributed by atoms with Gasteiger partial charge in [-0.25, -0.2) is 4.79 Å². The van der Waals surface area contributed by atoms with Crippen molar-refractivity contribution in [3.05, 3.63) is 11.8 Å². The number of carboxylic acids is 1. The minimum absolute atomic E-state index is 0.0386. The largest absolute Gasteiger partial charge is 0.549 e. The van der Waals surface area contributed by atoms with Crippen molar-refractivity contribution < 1.29 is 14.3 Å². The summed E-state index contributed by atoms with van der Waals surface area (Å²) in [5, 5.41) is 8.20. The second-order valence-corrected chi connectivity index (χ2v) is 1.57. The van der Waals surface area contributed by atoms with Crippen molar-refractivity contribution in [2.75, 3.05) is 0 Å². The highest BCUT2D eigenvalue weighted by Gasteiger charge is 2.01. The number of hydrogen-bond donors (Lipinski definition) is 1. The third kappa shape index (κ3) is 1.79. The van der Waals surface area contributed by atoms with Crippen molar-refractivity contribution >= 4 is 16.5 Å². The minimum atomic E-state index is -0.998. The molecule has 0 spiro atoms. The summed E-state index contributed by atoms with van der Waals surface area (Å²) in [7, 11) is 0.431. The van der Waals surface area contributed by atoms with Crippen LogP contribution >= 0.6 is 0 Å². The van der Waals surface area contributed by atoms with E-state index in [1.165, 1.54) is 6.08 Å². The van der Waals surface area contributed by atoms with Crippen LogP contribution in [0.25, 0.3) is 0 Å². The molecule has 0 aliphatic rings. The lowest BCUT2D eigenvalue weighted by Crippen LogP contribution is -2.01. The van der Waals surface area contributed by atoms with Gasteiger partial charge >= 0.3 is 5.97 Å². The lowest BCUT2D eigenvalue weighted by Gasteiger charge is -1.96. The van der Waals surface area contributed by atoms with Gasteiger partial charge in [0.15, 0.2) is 5.76 Å². The van der Waals surface area contributed by atoms with Crippen LogP contribution in [0.1, 0.15) is 6.92 Å². The quantitative estimate of drug-likeness (QED) is 0.306. The first kappa shape index (κ1) is 7.23. The van der Waals surface area contributed by atoms with Gasteiger partial charge in [-0.2, -0.15) is 0 Å². The van der Waals surface area contributed by atoms with Crippen LogP contribution in [0.15, 0.2) is 11.8 Å². The Balaban J connectivity index is 3.92. The predicted molar refractivity (Wildman–Crippen MR) is 32.4 cm³/mol. The molecule has 0 amide bonds. The maximum atomic E-state index is 9.99. The molecule has 0 radical (unpaired) electrons. The van der Waals surface area contributed by atoms with E-state index in [4.69, 9.17) is 5.11 Å². The Morgan fingerprint density at radius 1 is 1.88 bits per heavy atom. The molecule has 0 fully saturated rings. The molecule has 4 heteroatoms. The van der Waals surface area contributed by atoms with E-state index in [1.807, 2.05) is 0 Å². The Bertz CT molecular complexity index is 118. The van der Waals surface area contributed by atoms with Crippen molar-refractivity contribution in [1.29, 1.82) is 0 Å². The van der Waals surface area contributed by atoms with E-state index in [0.717, 1.165) is 0 Å². The summed E-state index contributed by atoms with van der Waals surface area (Å²) in [6.07, 6.45) is 1.43. The van der Waals surface area contributed by atoms with Crippen LogP contribution in [0, 0.1) is 0 Å². The number of aliphatic carboxylic acids is 1. The van der Waals surface area contributed by atoms with Crippen molar-refractivity contribution in [3.63, 3.8) is 0 Å². The summed E-state index contributed by atoms with van der Waals surface area (Å²) in [4.78, 5) is 9.99. The monoisotopic (exact) mass is 132 g/mol. The Morgan fingerprint density at radius 2 is 2.38 bits per heavy atom. The molecule has 0 aliphatic heterocycles. The zero-order chi connectivity index (χ0) is 6.57. The number of rotatable bonds is 2. The molecular weight excluding hydrogens is 124 g/mol. The van der Waals surface area contributed by atoms with E-state index < -0.39 is 5.97 Å². The van der Waals surface area contributed by atoms with Crippen molar-refractivity contribution in [2.24, 2.45) is 0 Å². The smallest absolute Gasteiger partial charge is 0.369 e. The third-order valence-corrected chi connectivity index (χ3v) is 1.13. The van der Waals surface area contributed by atoms with Gasteiger partial charge in [0.1, 0.15) is 0 Å². The molecule has 0 unspecified atom stereocenters. The number of hydrogen-bond acceptors (Lipinski definition) is 2. The second-order valence-electron chi connectivity index (χ2n) is 1.16. The maximum absolute atomic E-state index is 9.99. The highest BCUT2D eigenvalue weighted by Crippen LogP contribution is 1.91. The zero-order valence-corrected chi connectivity index (χ0v) is 6.84. The molecule has 0 rings (SSSR count). The molecule has 0 aromatic heterocycles. The molecule has 0 aromatic carbocycles. The van der Waals surface area contributed by atoms with Crippen LogP contribution in [-0.4, -0.2) is 21.6 Å². The number of carbonyl (C=O) groups is 1. The topological polar surface area (TPSA) is 46.5 Å². The van der Waals surface area contributed by atoms with E-state index in [-0.39, 0.29) is 5.76 Å². The van der Waals surface area contributed by atoms with E-state index in [1.54, 1.807) is 6.92 Å². The summed E-state index contributed by atoms with van der Waals surface area (Å²) in [5.41, 5.74) is 0. The predicted octanol–water partition coefficient (Wildman–Crippen LogP) is -0.728. The third-order valence-electron chi connectivity index (χ3n) is 0.693. The zero-order valence-electron chi connectivity index (χ0n) is 4.84. The van der Waals surface area contributed by atoms with E-state index >= 15 is 0 Å². The summed E-state index contributed by atoms with van der Waals surface area (Å²) >= 11 is 0. The van der Waals surface area contributed by atoms with Gasteiger partial charge in [0.2, 0.25) is 10.5 Å². The van der Waals surface area contributed by atoms with Crippen LogP contribution in [-0.2, 0) is 9.22 Å². The molecule has 3 nitrogen and oxygen atoms in total. The molecular formula is C4H8O3Si. The van der Waals surface area contributed by atoms with Gasteiger partial charge in [-0.15, -0.1) is 0 Å². The molecule has 0 aromatic rings. The Kier molecular flexibility index (Phi) is 2.94. The molecule has 0 heterocycles.